The van der Waals surface area contributed by atoms with Crippen LogP contribution in [-0.4, -0.2) is 49.7 Å². The molecule has 2 aromatic rings. The van der Waals surface area contributed by atoms with E-state index < -0.39 is 28.7 Å². The fraction of sp³-hybridized carbons (Fsp3) is 0.263. The number of thioether (sulfide) groups is 1. The number of ether oxygens (including phenoxy) is 1. The first-order valence-corrected chi connectivity index (χ1v) is 11.1. The van der Waals surface area contributed by atoms with E-state index >= 15 is 0 Å². The molecule has 12 heteroatoms. The highest BCUT2D eigenvalue weighted by Crippen LogP contribution is 2.27. The molecule has 0 amide bonds. The number of anilines is 1. The van der Waals surface area contributed by atoms with Crippen LogP contribution in [0.2, 0.25) is 0 Å². The van der Waals surface area contributed by atoms with Crippen molar-refractivity contribution in [3.8, 4) is 5.75 Å². The van der Waals surface area contributed by atoms with Crippen LogP contribution in [0.5, 0.6) is 5.75 Å². The second-order valence-corrected chi connectivity index (χ2v) is 9.08. The van der Waals surface area contributed by atoms with Gasteiger partial charge in [-0.2, -0.15) is 0 Å². The van der Waals surface area contributed by atoms with Crippen molar-refractivity contribution in [1.82, 2.24) is 0 Å². The zero-order chi connectivity index (χ0) is 23.2. The highest BCUT2D eigenvalue weighted by molar-refractivity contribution is 8.14. The summed E-state index contributed by atoms with van der Waals surface area (Å²) in [7, 11) is -4.23. The van der Waals surface area contributed by atoms with Crippen molar-refractivity contribution >= 4 is 38.4 Å². The van der Waals surface area contributed by atoms with Gasteiger partial charge in [-0.05, 0) is 48.5 Å². The molecule has 0 aliphatic carbocycles. The lowest BCUT2D eigenvalue weighted by molar-refractivity contribution is -0.274. The Balaban J connectivity index is 2.27. The van der Waals surface area contributed by atoms with E-state index in [1.165, 1.54) is 31.2 Å². The molecule has 0 fully saturated rings. The Kier molecular flexibility index (Phi) is 8.09. The van der Waals surface area contributed by atoms with Crippen LogP contribution in [0.4, 0.5) is 18.9 Å². The molecule has 0 aliphatic heterocycles. The molecular formula is C19H18F3NO6S2. The number of sulfonamides is 1. The molecule has 0 saturated heterocycles. The molecule has 0 radical (unpaired) electrons. The minimum Gasteiger partial charge on any atom is -0.406 e. The van der Waals surface area contributed by atoms with Crippen LogP contribution in [0, 0.1) is 0 Å². The van der Waals surface area contributed by atoms with Crippen molar-refractivity contribution < 1.29 is 41.0 Å². The van der Waals surface area contributed by atoms with Gasteiger partial charge in [0.15, 0.2) is 10.9 Å². The van der Waals surface area contributed by atoms with E-state index in [1.54, 1.807) is 0 Å². The molecule has 0 bridgehead atoms. The molecule has 0 spiro atoms. The van der Waals surface area contributed by atoms with E-state index in [1.807, 2.05) is 0 Å². The number of aliphatic hydroxyl groups is 1. The van der Waals surface area contributed by atoms with Crippen molar-refractivity contribution in [3.05, 3.63) is 54.1 Å². The molecule has 0 aromatic heterocycles. The monoisotopic (exact) mass is 477 g/mol. The van der Waals surface area contributed by atoms with Crippen molar-refractivity contribution in [3.63, 3.8) is 0 Å². The molecule has 0 aliphatic rings. The number of rotatable bonds is 9. The van der Waals surface area contributed by atoms with Gasteiger partial charge in [0.2, 0.25) is 0 Å². The molecule has 1 N–H and O–H groups in total. The predicted octanol–water partition coefficient (Wildman–Crippen LogP) is 3.24. The molecular weight excluding hydrogens is 459 g/mol. The predicted molar refractivity (Wildman–Crippen MR) is 109 cm³/mol. The SMILES string of the molecule is CC(=O)SCC(=O)c1ccc(N(CCO)S(=O)(=O)c2ccc(OC(F)(F)F)cc2)cc1. The minimum atomic E-state index is -4.91. The van der Waals surface area contributed by atoms with E-state index in [0.29, 0.717) is 0 Å². The van der Waals surface area contributed by atoms with Crippen LogP contribution >= 0.6 is 11.8 Å². The first-order valence-electron chi connectivity index (χ1n) is 8.70. The molecule has 2 aromatic carbocycles. The van der Waals surface area contributed by atoms with Crippen LogP contribution in [0.3, 0.4) is 0 Å². The average molecular weight is 477 g/mol. The van der Waals surface area contributed by atoms with Gasteiger partial charge in [-0.1, -0.05) is 11.8 Å². The Hall–Kier alpha value is -2.57. The lowest BCUT2D eigenvalue weighted by atomic mass is 10.1. The molecule has 0 saturated carbocycles. The topological polar surface area (TPSA) is 101 Å². The Labute approximate surface area is 180 Å². The lowest BCUT2D eigenvalue weighted by Crippen LogP contribution is -2.33. The third-order valence-corrected chi connectivity index (χ3v) is 6.49. The van der Waals surface area contributed by atoms with Gasteiger partial charge in [0, 0.05) is 12.5 Å². The summed E-state index contributed by atoms with van der Waals surface area (Å²) in [6.45, 7) is 0.488. The van der Waals surface area contributed by atoms with Crippen LogP contribution in [0.1, 0.15) is 17.3 Å². The Morgan fingerprint density at radius 1 is 1.06 bits per heavy atom. The maximum Gasteiger partial charge on any atom is 0.573 e. The number of nitrogens with zero attached hydrogens (tertiary/aromatic N) is 1. The standard InChI is InChI=1S/C19H18F3NO6S2/c1-13(25)30-12-18(26)14-2-4-15(5-3-14)23(10-11-24)31(27,28)17-8-6-16(7-9-17)29-19(20,21)22/h2-9,24H,10-12H2,1H3. The third-order valence-electron chi connectivity index (χ3n) is 3.83. The molecule has 168 valence electrons. The van der Waals surface area contributed by atoms with E-state index in [0.717, 1.165) is 40.3 Å². The third kappa shape index (κ3) is 6.97. The molecule has 31 heavy (non-hydrogen) atoms. The number of hydrogen-bond acceptors (Lipinski definition) is 7. The number of aliphatic hydroxyl groups excluding tert-OH is 1. The summed E-state index contributed by atoms with van der Waals surface area (Å²) >= 11 is 0.850. The van der Waals surface area contributed by atoms with Crippen molar-refractivity contribution in [2.45, 2.75) is 18.2 Å². The van der Waals surface area contributed by atoms with Gasteiger partial charge in [0.05, 0.1) is 29.5 Å². The van der Waals surface area contributed by atoms with Crippen LogP contribution in [0.25, 0.3) is 0 Å². The van der Waals surface area contributed by atoms with Gasteiger partial charge in [0.1, 0.15) is 5.75 Å². The van der Waals surface area contributed by atoms with Gasteiger partial charge in [-0.3, -0.25) is 13.9 Å². The summed E-state index contributed by atoms with van der Waals surface area (Å²) in [5, 5.41) is 9.09. The first-order chi connectivity index (χ1) is 14.4. The summed E-state index contributed by atoms with van der Waals surface area (Å²) in [5.74, 6) is -0.949. The molecule has 2 rings (SSSR count). The summed E-state index contributed by atoms with van der Waals surface area (Å²) in [4.78, 5) is 22.7. The summed E-state index contributed by atoms with van der Waals surface area (Å²) in [6.07, 6.45) is -4.91. The average Bonchev–Trinajstić information content (AvgIpc) is 2.69. The van der Waals surface area contributed by atoms with Gasteiger partial charge in [-0.25, -0.2) is 8.42 Å². The highest BCUT2D eigenvalue weighted by Gasteiger charge is 2.31. The number of benzene rings is 2. The molecule has 7 nitrogen and oxygen atoms in total. The maximum absolute atomic E-state index is 13.0. The second-order valence-electron chi connectivity index (χ2n) is 6.07. The molecule has 0 unspecified atom stereocenters. The maximum atomic E-state index is 13.0. The van der Waals surface area contributed by atoms with Crippen LogP contribution in [0.15, 0.2) is 53.4 Å². The van der Waals surface area contributed by atoms with Crippen LogP contribution in [-0.2, 0) is 14.8 Å². The number of alkyl halides is 3. The van der Waals surface area contributed by atoms with E-state index in [9.17, 15) is 36.3 Å². The van der Waals surface area contributed by atoms with Crippen molar-refractivity contribution in [2.24, 2.45) is 0 Å². The van der Waals surface area contributed by atoms with Crippen LogP contribution < -0.4 is 9.04 Å². The Morgan fingerprint density at radius 2 is 1.65 bits per heavy atom. The largest absolute Gasteiger partial charge is 0.573 e. The first kappa shape index (κ1) is 24.7. The smallest absolute Gasteiger partial charge is 0.406 e. The normalized spacial score (nSPS) is 11.8. The van der Waals surface area contributed by atoms with E-state index in [4.69, 9.17) is 0 Å². The van der Waals surface area contributed by atoms with Gasteiger partial charge < -0.3 is 9.84 Å². The van der Waals surface area contributed by atoms with Crippen molar-refractivity contribution in [1.29, 1.82) is 0 Å². The number of hydrogen-bond donors (Lipinski definition) is 1. The van der Waals surface area contributed by atoms with E-state index in [2.05, 4.69) is 4.74 Å². The summed E-state index contributed by atoms with van der Waals surface area (Å²) in [5.41, 5.74) is 0.410. The number of carbonyl (C=O) groups is 2. The minimum absolute atomic E-state index is 0.0559. The number of halogens is 3. The Bertz CT molecular complexity index is 1020. The fourth-order valence-electron chi connectivity index (χ4n) is 2.48. The zero-order valence-corrected chi connectivity index (χ0v) is 17.8. The lowest BCUT2D eigenvalue weighted by Gasteiger charge is -2.24. The van der Waals surface area contributed by atoms with Gasteiger partial charge >= 0.3 is 6.36 Å². The molecule has 0 heterocycles. The fourth-order valence-corrected chi connectivity index (χ4v) is 4.44. The summed E-state index contributed by atoms with van der Waals surface area (Å²) < 4.78 is 67.4. The number of ketones is 1. The van der Waals surface area contributed by atoms with Crippen molar-refractivity contribution in [2.75, 3.05) is 23.2 Å². The highest BCUT2D eigenvalue weighted by atomic mass is 32.2. The quantitative estimate of drug-likeness (QED) is 0.554. The number of Topliss-reactive ketones (excluding diaryl/α,β-unsaturated/α-hetero) is 1. The van der Waals surface area contributed by atoms with Gasteiger partial charge in [0.25, 0.3) is 10.0 Å². The second kappa shape index (κ2) is 10.2. The van der Waals surface area contributed by atoms with Gasteiger partial charge in [-0.15, -0.1) is 13.2 Å². The zero-order valence-electron chi connectivity index (χ0n) is 16.1. The Morgan fingerprint density at radius 3 is 2.13 bits per heavy atom. The summed E-state index contributed by atoms with van der Waals surface area (Å²) in [6, 6.07) is 9.14. The molecule has 0 atom stereocenters. The van der Waals surface area contributed by atoms with E-state index in [-0.39, 0.29) is 39.3 Å². The number of carbonyl (C=O) groups excluding carboxylic acids is 2.